The molecule has 1 rings (SSSR count). The van der Waals surface area contributed by atoms with Gasteiger partial charge in [-0.25, -0.2) is 0 Å². The molecule has 5 heteroatoms. The van der Waals surface area contributed by atoms with Crippen molar-refractivity contribution in [1.82, 2.24) is 5.32 Å². The number of esters is 1. The minimum atomic E-state index is -0.568. The monoisotopic (exact) mass is 271 g/mol. The highest BCUT2D eigenvalue weighted by atomic mass is 32.1. The lowest BCUT2D eigenvalue weighted by Crippen LogP contribution is -2.35. The molecule has 0 fully saturated rings. The standard InChI is InChI=1S/C13H21NO3S/c1-3-8-14-10(6-7-12(15)17-2)13(16)11-5-4-9-18-11/h4-5,9-10,13-14,16H,3,6-8H2,1-2H3. The molecule has 0 spiro atoms. The molecule has 2 atom stereocenters. The second kappa shape index (κ2) is 8.24. The zero-order chi connectivity index (χ0) is 13.4. The molecule has 0 aliphatic heterocycles. The average molecular weight is 271 g/mol. The number of hydrogen-bond acceptors (Lipinski definition) is 5. The number of carbonyl (C=O) groups excluding carboxylic acids is 1. The van der Waals surface area contributed by atoms with E-state index in [-0.39, 0.29) is 12.0 Å². The maximum atomic E-state index is 11.2. The van der Waals surface area contributed by atoms with E-state index in [1.807, 2.05) is 17.5 Å². The summed E-state index contributed by atoms with van der Waals surface area (Å²) in [7, 11) is 1.38. The molecule has 2 unspecified atom stereocenters. The van der Waals surface area contributed by atoms with E-state index >= 15 is 0 Å². The third kappa shape index (κ3) is 4.76. The van der Waals surface area contributed by atoms with Crippen LogP contribution in [0.1, 0.15) is 37.2 Å². The molecule has 18 heavy (non-hydrogen) atoms. The summed E-state index contributed by atoms with van der Waals surface area (Å²) in [5.74, 6) is -0.239. The minimum Gasteiger partial charge on any atom is -0.469 e. The van der Waals surface area contributed by atoms with E-state index in [1.165, 1.54) is 18.4 Å². The van der Waals surface area contributed by atoms with Gasteiger partial charge in [-0.1, -0.05) is 13.0 Å². The highest BCUT2D eigenvalue weighted by Crippen LogP contribution is 2.24. The van der Waals surface area contributed by atoms with Gasteiger partial charge in [-0.3, -0.25) is 4.79 Å². The summed E-state index contributed by atoms with van der Waals surface area (Å²) in [4.78, 5) is 12.1. The van der Waals surface area contributed by atoms with Gasteiger partial charge in [0, 0.05) is 17.3 Å². The van der Waals surface area contributed by atoms with Crippen LogP contribution in [0.15, 0.2) is 17.5 Å². The Morgan fingerprint density at radius 1 is 1.61 bits per heavy atom. The predicted octanol–water partition coefficient (Wildman–Crippen LogP) is 2.10. The summed E-state index contributed by atoms with van der Waals surface area (Å²) >= 11 is 1.53. The van der Waals surface area contributed by atoms with Gasteiger partial charge in [0.05, 0.1) is 7.11 Å². The number of rotatable bonds is 8. The van der Waals surface area contributed by atoms with E-state index in [1.54, 1.807) is 0 Å². The zero-order valence-electron chi connectivity index (χ0n) is 10.9. The highest BCUT2D eigenvalue weighted by Gasteiger charge is 2.22. The molecule has 0 bridgehead atoms. The van der Waals surface area contributed by atoms with E-state index < -0.39 is 6.10 Å². The molecule has 1 aromatic rings. The Bertz CT molecular complexity index is 340. The lowest BCUT2D eigenvalue weighted by atomic mass is 10.0. The number of carbonyl (C=O) groups is 1. The molecule has 1 aromatic heterocycles. The number of nitrogens with one attached hydrogen (secondary N) is 1. The SMILES string of the molecule is CCCNC(CCC(=O)OC)C(O)c1cccs1. The van der Waals surface area contributed by atoms with Gasteiger partial charge in [-0.2, -0.15) is 0 Å². The summed E-state index contributed by atoms with van der Waals surface area (Å²) in [5.41, 5.74) is 0. The van der Waals surface area contributed by atoms with Crippen LogP contribution in [0.5, 0.6) is 0 Å². The summed E-state index contributed by atoms with van der Waals surface area (Å²) < 4.78 is 4.63. The van der Waals surface area contributed by atoms with Gasteiger partial charge >= 0.3 is 5.97 Å². The molecule has 2 N–H and O–H groups in total. The fourth-order valence-corrected chi connectivity index (χ4v) is 2.51. The number of aliphatic hydroxyl groups excluding tert-OH is 1. The second-order valence-electron chi connectivity index (χ2n) is 4.14. The van der Waals surface area contributed by atoms with Crippen LogP contribution >= 0.6 is 11.3 Å². The maximum Gasteiger partial charge on any atom is 0.305 e. The number of ether oxygens (including phenoxy) is 1. The molecule has 0 radical (unpaired) electrons. The van der Waals surface area contributed by atoms with Crippen molar-refractivity contribution in [3.8, 4) is 0 Å². The average Bonchev–Trinajstić information content (AvgIpc) is 2.91. The van der Waals surface area contributed by atoms with E-state index in [4.69, 9.17) is 0 Å². The normalized spacial score (nSPS) is 14.2. The van der Waals surface area contributed by atoms with Crippen molar-refractivity contribution >= 4 is 17.3 Å². The van der Waals surface area contributed by atoms with Crippen molar-refractivity contribution in [2.45, 2.75) is 38.3 Å². The largest absolute Gasteiger partial charge is 0.469 e. The second-order valence-corrected chi connectivity index (χ2v) is 5.11. The number of aliphatic hydroxyl groups is 1. The zero-order valence-corrected chi connectivity index (χ0v) is 11.7. The molecule has 0 saturated heterocycles. The maximum absolute atomic E-state index is 11.2. The van der Waals surface area contributed by atoms with Crippen LogP contribution in [0.4, 0.5) is 0 Å². The Balaban J connectivity index is 2.56. The number of hydrogen-bond donors (Lipinski definition) is 2. The number of methoxy groups -OCH3 is 1. The first-order valence-corrected chi connectivity index (χ1v) is 7.08. The van der Waals surface area contributed by atoms with Gasteiger partial charge in [0.25, 0.3) is 0 Å². The fraction of sp³-hybridized carbons (Fsp3) is 0.615. The third-order valence-corrected chi connectivity index (χ3v) is 3.70. The molecule has 0 aliphatic rings. The van der Waals surface area contributed by atoms with Gasteiger partial charge in [-0.15, -0.1) is 11.3 Å². The molecule has 0 saturated carbocycles. The summed E-state index contributed by atoms with van der Waals surface area (Å²) in [6.07, 6.45) is 1.32. The lowest BCUT2D eigenvalue weighted by Gasteiger charge is -2.23. The van der Waals surface area contributed by atoms with Crippen molar-refractivity contribution in [2.75, 3.05) is 13.7 Å². The molecular formula is C13H21NO3S. The van der Waals surface area contributed by atoms with Gasteiger partial charge in [0.1, 0.15) is 6.10 Å². The molecule has 0 aliphatic carbocycles. The smallest absolute Gasteiger partial charge is 0.305 e. The summed E-state index contributed by atoms with van der Waals surface area (Å²) in [6.45, 7) is 2.90. The third-order valence-electron chi connectivity index (χ3n) is 2.76. The van der Waals surface area contributed by atoms with Gasteiger partial charge in [0.15, 0.2) is 0 Å². The first-order chi connectivity index (χ1) is 8.69. The molecule has 102 valence electrons. The van der Waals surface area contributed by atoms with Gasteiger partial charge < -0.3 is 15.2 Å². The predicted molar refractivity (Wildman–Crippen MR) is 72.6 cm³/mol. The van der Waals surface area contributed by atoms with E-state index in [0.717, 1.165) is 17.8 Å². The van der Waals surface area contributed by atoms with Crippen molar-refractivity contribution < 1.29 is 14.6 Å². The molecule has 0 amide bonds. The Morgan fingerprint density at radius 2 is 2.39 bits per heavy atom. The van der Waals surface area contributed by atoms with E-state index in [2.05, 4.69) is 17.0 Å². The molecule has 4 nitrogen and oxygen atoms in total. The fourth-order valence-electron chi connectivity index (χ4n) is 1.73. The lowest BCUT2D eigenvalue weighted by molar-refractivity contribution is -0.141. The van der Waals surface area contributed by atoms with E-state index in [9.17, 15) is 9.90 Å². The van der Waals surface area contributed by atoms with Crippen molar-refractivity contribution in [2.24, 2.45) is 0 Å². The summed E-state index contributed by atoms with van der Waals surface area (Å²) in [5, 5.41) is 15.5. The van der Waals surface area contributed by atoms with Crippen molar-refractivity contribution in [1.29, 1.82) is 0 Å². The minimum absolute atomic E-state index is 0.109. The molecular weight excluding hydrogens is 250 g/mol. The van der Waals surface area contributed by atoms with Crippen LogP contribution in [0, 0.1) is 0 Å². The number of thiophene rings is 1. The summed E-state index contributed by atoms with van der Waals surface area (Å²) in [6, 6.07) is 3.72. The quantitative estimate of drug-likeness (QED) is 0.711. The van der Waals surface area contributed by atoms with Crippen LogP contribution in [0.3, 0.4) is 0 Å². The van der Waals surface area contributed by atoms with Crippen LogP contribution in [0.2, 0.25) is 0 Å². The topological polar surface area (TPSA) is 58.6 Å². The van der Waals surface area contributed by atoms with Crippen LogP contribution in [-0.2, 0) is 9.53 Å². The molecule has 0 aromatic carbocycles. The Kier molecular flexibility index (Phi) is 6.93. The van der Waals surface area contributed by atoms with Crippen LogP contribution in [0.25, 0.3) is 0 Å². The Hall–Kier alpha value is -0.910. The van der Waals surface area contributed by atoms with Crippen LogP contribution in [-0.4, -0.2) is 30.8 Å². The van der Waals surface area contributed by atoms with E-state index in [0.29, 0.717) is 12.8 Å². The Morgan fingerprint density at radius 3 is 2.94 bits per heavy atom. The van der Waals surface area contributed by atoms with Crippen LogP contribution < -0.4 is 5.32 Å². The van der Waals surface area contributed by atoms with Gasteiger partial charge in [-0.05, 0) is 30.8 Å². The first-order valence-electron chi connectivity index (χ1n) is 6.20. The van der Waals surface area contributed by atoms with Crippen molar-refractivity contribution in [3.05, 3.63) is 22.4 Å². The van der Waals surface area contributed by atoms with Crippen molar-refractivity contribution in [3.63, 3.8) is 0 Å². The van der Waals surface area contributed by atoms with Gasteiger partial charge in [0.2, 0.25) is 0 Å². The molecule has 1 heterocycles. The highest BCUT2D eigenvalue weighted by molar-refractivity contribution is 7.10. The Labute approximate surface area is 112 Å². The first kappa shape index (κ1) is 15.1.